The van der Waals surface area contributed by atoms with Crippen LogP contribution in [0.3, 0.4) is 0 Å². The predicted molar refractivity (Wildman–Crippen MR) is 64.8 cm³/mol. The molecule has 3 heteroatoms. The number of hydrogen-bond acceptors (Lipinski definition) is 2. The van der Waals surface area contributed by atoms with Crippen LogP contribution in [-0.2, 0) is 0 Å². The SMILES string of the molecule is Cc1ccc2oc([C@H](I)CO)cc2c1. The lowest BCUT2D eigenvalue weighted by atomic mass is 10.2. The number of fused-ring (bicyclic) bond motifs is 1. The van der Waals surface area contributed by atoms with Crippen LogP contribution in [0.2, 0.25) is 0 Å². The van der Waals surface area contributed by atoms with E-state index in [9.17, 15) is 0 Å². The van der Waals surface area contributed by atoms with E-state index in [1.54, 1.807) is 0 Å². The predicted octanol–water partition coefficient (Wildman–Crippen LogP) is 3.21. The summed E-state index contributed by atoms with van der Waals surface area (Å²) in [6, 6.07) is 8.07. The topological polar surface area (TPSA) is 33.4 Å². The lowest BCUT2D eigenvalue weighted by Crippen LogP contribution is -1.91. The molecule has 1 aromatic carbocycles. The molecule has 0 amide bonds. The van der Waals surface area contributed by atoms with Gasteiger partial charge in [-0.1, -0.05) is 34.2 Å². The molecule has 0 unspecified atom stereocenters. The largest absolute Gasteiger partial charge is 0.460 e. The van der Waals surface area contributed by atoms with Crippen LogP contribution in [0, 0.1) is 6.92 Å². The number of rotatable bonds is 2. The van der Waals surface area contributed by atoms with Gasteiger partial charge in [0.2, 0.25) is 0 Å². The molecular weight excluding hydrogens is 291 g/mol. The van der Waals surface area contributed by atoms with E-state index in [0.717, 1.165) is 16.7 Å². The number of aliphatic hydroxyl groups is 1. The summed E-state index contributed by atoms with van der Waals surface area (Å²) in [7, 11) is 0. The van der Waals surface area contributed by atoms with Gasteiger partial charge in [0.25, 0.3) is 0 Å². The highest BCUT2D eigenvalue weighted by Gasteiger charge is 2.11. The number of aryl methyl sites for hydroxylation is 1. The summed E-state index contributed by atoms with van der Waals surface area (Å²) in [6.45, 7) is 2.17. The number of hydrogen-bond donors (Lipinski definition) is 1. The quantitative estimate of drug-likeness (QED) is 0.682. The molecule has 0 aliphatic heterocycles. The van der Waals surface area contributed by atoms with Crippen LogP contribution in [0.15, 0.2) is 28.7 Å². The highest BCUT2D eigenvalue weighted by molar-refractivity contribution is 14.1. The molecule has 1 aromatic heterocycles. The van der Waals surface area contributed by atoms with E-state index >= 15 is 0 Å². The molecule has 2 nitrogen and oxygen atoms in total. The minimum absolute atomic E-state index is 0.0420. The van der Waals surface area contributed by atoms with E-state index in [1.165, 1.54) is 5.56 Å². The molecule has 0 bridgehead atoms. The average molecular weight is 302 g/mol. The van der Waals surface area contributed by atoms with Crippen LogP contribution in [-0.4, -0.2) is 11.7 Å². The Morgan fingerprint density at radius 3 is 2.93 bits per heavy atom. The van der Waals surface area contributed by atoms with Gasteiger partial charge < -0.3 is 9.52 Å². The fourth-order valence-corrected chi connectivity index (χ4v) is 1.73. The Morgan fingerprint density at radius 1 is 1.43 bits per heavy atom. The van der Waals surface area contributed by atoms with Gasteiger partial charge in [-0.2, -0.15) is 0 Å². The van der Waals surface area contributed by atoms with Crippen molar-refractivity contribution in [3.8, 4) is 0 Å². The minimum atomic E-state index is 0.0420. The first-order valence-corrected chi connectivity index (χ1v) is 5.70. The summed E-state index contributed by atoms with van der Waals surface area (Å²) in [6.07, 6.45) is 0. The van der Waals surface area contributed by atoms with Crippen molar-refractivity contribution in [2.75, 3.05) is 6.61 Å². The summed E-state index contributed by atoms with van der Waals surface area (Å²) in [5.74, 6) is 0.841. The maximum Gasteiger partial charge on any atom is 0.134 e. The lowest BCUT2D eigenvalue weighted by molar-refractivity contribution is 0.291. The van der Waals surface area contributed by atoms with Crippen molar-refractivity contribution in [3.05, 3.63) is 35.6 Å². The first-order valence-electron chi connectivity index (χ1n) is 4.46. The van der Waals surface area contributed by atoms with Gasteiger partial charge in [-0.3, -0.25) is 0 Å². The Labute approximate surface area is 96.1 Å². The molecule has 14 heavy (non-hydrogen) atoms. The Hall–Kier alpha value is -0.550. The lowest BCUT2D eigenvalue weighted by Gasteiger charge is -1.98. The molecule has 2 aromatic rings. The van der Waals surface area contributed by atoms with Gasteiger partial charge in [-0.25, -0.2) is 0 Å². The maximum absolute atomic E-state index is 9.00. The van der Waals surface area contributed by atoms with Crippen molar-refractivity contribution in [1.82, 2.24) is 0 Å². The number of aliphatic hydroxyl groups excluding tert-OH is 1. The molecule has 2 rings (SSSR count). The van der Waals surface area contributed by atoms with Crippen molar-refractivity contribution >= 4 is 33.6 Å². The second-order valence-electron chi connectivity index (χ2n) is 3.34. The van der Waals surface area contributed by atoms with E-state index in [2.05, 4.69) is 35.6 Å². The second kappa shape index (κ2) is 3.90. The molecule has 0 fully saturated rings. The van der Waals surface area contributed by atoms with Crippen LogP contribution in [0.5, 0.6) is 0 Å². The van der Waals surface area contributed by atoms with Crippen LogP contribution < -0.4 is 0 Å². The van der Waals surface area contributed by atoms with Gasteiger partial charge >= 0.3 is 0 Å². The minimum Gasteiger partial charge on any atom is -0.460 e. The van der Waals surface area contributed by atoms with Gasteiger partial charge in [-0.15, -0.1) is 0 Å². The fourth-order valence-electron chi connectivity index (χ4n) is 1.43. The molecule has 0 saturated carbocycles. The van der Waals surface area contributed by atoms with Gasteiger partial charge in [0.15, 0.2) is 0 Å². The molecule has 1 atom stereocenters. The number of benzene rings is 1. The van der Waals surface area contributed by atoms with Crippen LogP contribution in [0.1, 0.15) is 15.2 Å². The molecule has 0 radical (unpaired) electrons. The van der Waals surface area contributed by atoms with Crippen molar-refractivity contribution in [2.45, 2.75) is 10.8 Å². The summed E-state index contributed by atoms with van der Waals surface area (Å²) < 4.78 is 5.65. The van der Waals surface area contributed by atoms with Crippen molar-refractivity contribution in [3.63, 3.8) is 0 Å². The molecule has 1 heterocycles. The summed E-state index contributed by atoms with van der Waals surface area (Å²) >= 11 is 2.17. The summed E-state index contributed by atoms with van der Waals surface area (Å²) in [4.78, 5) is 0. The zero-order valence-electron chi connectivity index (χ0n) is 7.83. The van der Waals surface area contributed by atoms with E-state index in [0.29, 0.717) is 0 Å². The summed E-state index contributed by atoms with van der Waals surface area (Å²) in [5.41, 5.74) is 2.11. The third-order valence-electron chi connectivity index (χ3n) is 2.16. The molecule has 0 aliphatic carbocycles. The van der Waals surface area contributed by atoms with Gasteiger partial charge in [0.1, 0.15) is 11.3 Å². The Kier molecular flexibility index (Phi) is 2.78. The normalized spacial score (nSPS) is 13.4. The maximum atomic E-state index is 9.00. The molecule has 0 saturated heterocycles. The van der Waals surface area contributed by atoms with Gasteiger partial charge in [0, 0.05) is 5.39 Å². The standard InChI is InChI=1S/C11H11IO2/c1-7-2-3-10-8(4-7)5-11(14-10)9(12)6-13/h2-5,9,13H,6H2,1H3/t9-/m1/s1. The molecule has 0 aliphatic rings. The highest BCUT2D eigenvalue weighted by Crippen LogP contribution is 2.29. The van der Waals surface area contributed by atoms with Crippen molar-refractivity contribution < 1.29 is 9.52 Å². The fraction of sp³-hybridized carbons (Fsp3) is 0.273. The van der Waals surface area contributed by atoms with Gasteiger partial charge in [-0.05, 0) is 25.1 Å². The van der Waals surface area contributed by atoms with Crippen LogP contribution >= 0.6 is 22.6 Å². The second-order valence-corrected chi connectivity index (χ2v) is 4.84. The highest BCUT2D eigenvalue weighted by atomic mass is 127. The Morgan fingerprint density at radius 2 is 2.21 bits per heavy atom. The third-order valence-corrected chi connectivity index (χ3v) is 3.17. The number of alkyl halides is 1. The zero-order valence-corrected chi connectivity index (χ0v) is 9.98. The van der Waals surface area contributed by atoms with E-state index in [1.807, 2.05) is 18.2 Å². The van der Waals surface area contributed by atoms with Crippen LogP contribution in [0.25, 0.3) is 11.0 Å². The number of furan rings is 1. The first kappa shape index (κ1) is 9.98. The molecular formula is C11H11IO2. The number of halogens is 1. The Balaban J connectivity index is 2.51. The van der Waals surface area contributed by atoms with Crippen molar-refractivity contribution in [2.24, 2.45) is 0 Å². The van der Waals surface area contributed by atoms with Crippen molar-refractivity contribution in [1.29, 1.82) is 0 Å². The molecule has 74 valence electrons. The average Bonchev–Trinajstić information content (AvgIpc) is 2.59. The molecule has 1 N–H and O–H groups in total. The monoisotopic (exact) mass is 302 g/mol. The Bertz CT molecular complexity index is 447. The van der Waals surface area contributed by atoms with E-state index in [4.69, 9.17) is 9.52 Å². The molecule has 0 spiro atoms. The third kappa shape index (κ3) is 1.79. The van der Waals surface area contributed by atoms with Gasteiger partial charge in [0.05, 0.1) is 10.5 Å². The first-order chi connectivity index (χ1) is 6.70. The van der Waals surface area contributed by atoms with E-state index in [-0.39, 0.29) is 10.5 Å². The zero-order chi connectivity index (χ0) is 10.1. The summed E-state index contributed by atoms with van der Waals surface area (Å²) in [5, 5.41) is 10.1. The van der Waals surface area contributed by atoms with Crippen LogP contribution in [0.4, 0.5) is 0 Å². The van der Waals surface area contributed by atoms with E-state index < -0.39 is 0 Å². The smallest absolute Gasteiger partial charge is 0.134 e.